The summed E-state index contributed by atoms with van der Waals surface area (Å²) in [5.74, 6) is -1.52. The summed E-state index contributed by atoms with van der Waals surface area (Å²) in [6.45, 7) is 5.08. The van der Waals surface area contributed by atoms with E-state index in [9.17, 15) is 19.1 Å². The fourth-order valence-corrected chi connectivity index (χ4v) is 2.29. The number of aromatic nitrogens is 1. The minimum absolute atomic E-state index is 0.0383. The Balaban J connectivity index is 2.14. The van der Waals surface area contributed by atoms with E-state index in [4.69, 9.17) is 4.74 Å². The maximum atomic E-state index is 13.0. The second-order valence-electron chi connectivity index (χ2n) is 6.83. The largest absolute Gasteiger partial charge is 0.480 e. The maximum absolute atomic E-state index is 13.0. The van der Waals surface area contributed by atoms with E-state index >= 15 is 0 Å². The Hall–Kier alpha value is -2.96. The average molecular weight is 360 g/mol. The first-order chi connectivity index (χ1) is 12.1. The van der Waals surface area contributed by atoms with E-state index in [1.54, 1.807) is 45.2 Å². The van der Waals surface area contributed by atoms with Crippen molar-refractivity contribution in [2.45, 2.75) is 38.8 Å². The van der Waals surface area contributed by atoms with Crippen molar-refractivity contribution in [1.29, 1.82) is 0 Å². The van der Waals surface area contributed by atoms with Crippen LogP contribution in [0.15, 0.2) is 42.7 Å². The van der Waals surface area contributed by atoms with E-state index in [1.807, 2.05) is 0 Å². The van der Waals surface area contributed by atoms with Crippen LogP contribution in [-0.2, 0) is 16.0 Å². The van der Waals surface area contributed by atoms with Gasteiger partial charge in [0, 0.05) is 24.4 Å². The zero-order chi connectivity index (χ0) is 19.3. The molecule has 6 nitrogen and oxygen atoms in total. The summed E-state index contributed by atoms with van der Waals surface area (Å²) in [5.41, 5.74) is 1.38. The lowest BCUT2D eigenvalue weighted by Gasteiger charge is -2.22. The number of hydrogen-bond donors (Lipinski definition) is 2. The molecule has 1 aromatic heterocycles. The Morgan fingerprint density at radius 1 is 1.19 bits per heavy atom. The SMILES string of the molecule is CC(C)(C)OC(=O)NC(Cc1cncc(-c2ccc(F)cc2)c1)C(=O)O. The van der Waals surface area contributed by atoms with E-state index in [-0.39, 0.29) is 12.2 Å². The number of hydrogen-bond acceptors (Lipinski definition) is 4. The molecule has 1 heterocycles. The van der Waals surface area contributed by atoms with Gasteiger partial charge in [-0.25, -0.2) is 14.0 Å². The Morgan fingerprint density at radius 2 is 1.85 bits per heavy atom. The van der Waals surface area contributed by atoms with Crippen molar-refractivity contribution in [2.24, 2.45) is 0 Å². The Labute approximate surface area is 151 Å². The van der Waals surface area contributed by atoms with Gasteiger partial charge in [-0.15, -0.1) is 0 Å². The summed E-state index contributed by atoms with van der Waals surface area (Å²) in [5, 5.41) is 11.7. The summed E-state index contributed by atoms with van der Waals surface area (Å²) in [6.07, 6.45) is 2.37. The van der Waals surface area contributed by atoms with Crippen molar-refractivity contribution in [1.82, 2.24) is 10.3 Å². The number of alkyl carbamates (subject to hydrolysis) is 1. The predicted octanol–water partition coefficient (Wildman–Crippen LogP) is 3.41. The highest BCUT2D eigenvalue weighted by Crippen LogP contribution is 2.20. The zero-order valence-corrected chi connectivity index (χ0v) is 14.8. The lowest BCUT2D eigenvalue weighted by molar-refractivity contribution is -0.139. The highest BCUT2D eigenvalue weighted by Gasteiger charge is 2.24. The number of amides is 1. The number of carboxylic acids is 1. The van der Waals surface area contributed by atoms with Crippen LogP contribution in [0.2, 0.25) is 0 Å². The molecule has 7 heteroatoms. The van der Waals surface area contributed by atoms with Gasteiger partial charge in [-0.3, -0.25) is 4.98 Å². The normalized spacial score (nSPS) is 12.3. The van der Waals surface area contributed by atoms with Gasteiger partial charge in [0.05, 0.1) is 0 Å². The van der Waals surface area contributed by atoms with Crippen LogP contribution in [0, 0.1) is 5.82 Å². The number of nitrogens with zero attached hydrogens (tertiary/aromatic N) is 1. The number of pyridine rings is 1. The molecule has 1 amide bonds. The van der Waals surface area contributed by atoms with Crippen molar-refractivity contribution >= 4 is 12.1 Å². The number of nitrogens with one attached hydrogen (secondary N) is 1. The van der Waals surface area contributed by atoms with Crippen LogP contribution >= 0.6 is 0 Å². The number of carbonyl (C=O) groups excluding carboxylic acids is 1. The molecule has 0 aliphatic carbocycles. The van der Waals surface area contributed by atoms with Gasteiger partial charge < -0.3 is 15.2 Å². The monoisotopic (exact) mass is 360 g/mol. The van der Waals surface area contributed by atoms with Gasteiger partial charge in [0.1, 0.15) is 17.5 Å². The van der Waals surface area contributed by atoms with Crippen LogP contribution in [0.1, 0.15) is 26.3 Å². The van der Waals surface area contributed by atoms with Crippen LogP contribution in [-0.4, -0.2) is 33.8 Å². The summed E-state index contributed by atoms with van der Waals surface area (Å²) in [4.78, 5) is 27.4. The van der Waals surface area contributed by atoms with Gasteiger partial charge in [0.2, 0.25) is 0 Å². The Morgan fingerprint density at radius 3 is 2.42 bits per heavy atom. The number of carboxylic acid groups (broad SMARTS) is 1. The highest BCUT2D eigenvalue weighted by atomic mass is 19.1. The van der Waals surface area contributed by atoms with Crippen LogP contribution < -0.4 is 5.32 Å². The molecule has 0 aliphatic heterocycles. The quantitative estimate of drug-likeness (QED) is 0.853. The van der Waals surface area contributed by atoms with Gasteiger partial charge in [-0.2, -0.15) is 0 Å². The van der Waals surface area contributed by atoms with Gasteiger partial charge >= 0.3 is 12.1 Å². The molecular weight excluding hydrogens is 339 g/mol. The number of halogens is 1. The third-order valence-corrected chi connectivity index (χ3v) is 3.40. The van der Waals surface area contributed by atoms with Crippen molar-refractivity contribution in [3.8, 4) is 11.1 Å². The number of carbonyl (C=O) groups is 2. The van der Waals surface area contributed by atoms with Crippen molar-refractivity contribution in [3.05, 3.63) is 54.1 Å². The summed E-state index contributed by atoms with van der Waals surface area (Å²) >= 11 is 0. The summed E-state index contributed by atoms with van der Waals surface area (Å²) in [6, 6.07) is 6.51. The molecule has 2 aromatic rings. The van der Waals surface area contributed by atoms with Crippen LogP contribution in [0.4, 0.5) is 9.18 Å². The fraction of sp³-hybridized carbons (Fsp3) is 0.316. The molecule has 138 valence electrons. The number of aliphatic carboxylic acids is 1. The van der Waals surface area contributed by atoms with E-state index < -0.39 is 23.7 Å². The molecule has 1 unspecified atom stereocenters. The predicted molar refractivity (Wildman–Crippen MR) is 94.1 cm³/mol. The summed E-state index contributed by atoms with van der Waals surface area (Å²) < 4.78 is 18.1. The minimum atomic E-state index is -1.18. The van der Waals surface area contributed by atoms with Crippen molar-refractivity contribution < 1.29 is 23.8 Å². The third-order valence-electron chi connectivity index (χ3n) is 3.40. The van der Waals surface area contributed by atoms with Gasteiger partial charge in [-0.05, 0) is 50.1 Å². The molecule has 26 heavy (non-hydrogen) atoms. The van der Waals surface area contributed by atoms with Gasteiger partial charge in [-0.1, -0.05) is 12.1 Å². The standard InChI is InChI=1S/C19H21FN2O4/c1-19(2,3)26-18(25)22-16(17(23)24)9-12-8-14(11-21-10-12)13-4-6-15(20)7-5-13/h4-8,10-11,16H,9H2,1-3H3,(H,22,25)(H,23,24). The first-order valence-corrected chi connectivity index (χ1v) is 8.06. The number of ether oxygens (including phenoxy) is 1. The molecule has 1 atom stereocenters. The molecule has 0 saturated carbocycles. The Bertz CT molecular complexity index is 785. The molecule has 0 saturated heterocycles. The highest BCUT2D eigenvalue weighted by molar-refractivity contribution is 5.80. The molecule has 0 bridgehead atoms. The van der Waals surface area contributed by atoms with Crippen molar-refractivity contribution in [3.63, 3.8) is 0 Å². The molecule has 0 fully saturated rings. The van der Waals surface area contributed by atoms with Gasteiger partial charge in [0.25, 0.3) is 0 Å². The lowest BCUT2D eigenvalue weighted by atomic mass is 10.0. The van der Waals surface area contributed by atoms with E-state index in [0.717, 1.165) is 11.1 Å². The first-order valence-electron chi connectivity index (χ1n) is 8.06. The molecular formula is C19H21FN2O4. The first kappa shape index (κ1) is 19.4. The van der Waals surface area contributed by atoms with E-state index in [0.29, 0.717) is 5.56 Å². The minimum Gasteiger partial charge on any atom is -0.480 e. The summed E-state index contributed by atoms with van der Waals surface area (Å²) in [7, 11) is 0. The molecule has 0 radical (unpaired) electrons. The second kappa shape index (κ2) is 7.95. The average Bonchev–Trinajstić information content (AvgIpc) is 2.53. The van der Waals surface area contributed by atoms with E-state index in [2.05, 4.69) is 10.3 Å². The lowest BCUT2D eigenvalue weighted by Crippen LogP contribution is -2.44. The molecule has 1 aromatic carbocycles. The van der Waals surface area contributed by atoms with E-state index in [1.165, 1.54) is 18.3 Å². The molecule has 2 rings (SSSR count). The molecule has 0 spiro atoms. The number of rotatable bonds is 5. The third kappa shape index (κ3) is 5.84. The van der Waals surface area contributed by atoms with Crippen LogP contribution in [0.25, 0.3) is 11.1 Å². The number of benzene rings is 1. The molecule has 2 N–H and O–H groups in total. The Kier molecular flexibility index (Phi) is 5.92. The van der Waals surface area contributed by atoms with Crippen molar-refractivity contribution in [2.75, 3.05) is 0 Å². The molecule has 0 aliphatic rings. The van der Waals surface area contributed by atoms with Crippen LogP contribution in [0.3, 0.4) is 0 Å². The zero-order valence-electron chi connectivity index (χ0n) is 14.8. The second-order valence-corrected chi connectivity index (χ2v) is 6.83. The van der Waals surface area contributed by atoms with Crippen LogP contribution in [0.5, 0.6) is 0 Å². The fourth-order valence-electron chi connectivity index (χ4n) is 2.29. The maximum Gasteiger partial charge on any atom is 0.408 e. The van der Waals surface area contributed by atoms with Gasteiger partial charge in [0.15, 0.2) is 0 Å². The topological polar surface area (TPSA) is 88.5 Å². The smallest absolute Gasteiger partial charge is 0.408 e.